The molecule has 0 bridgehead atoms. The number of hydrogen-bond acceptors (Lipinski definition) is 8. The highest BCUT2D eigenvalue weighted by Gasteiger charge is 2.31. The minimum Gasteiger partial charge on any atom is -0.365 e. The van der Waals surface area contributed by atoms with Crippen LogP contribution in [0.15, 0.2) is 40.0 Å². The van der Waals surface area contributed by atoms with Gasteiger partial charge in [-0.05, 0) is 75.6 Å². The second-order valence-corrected chi connectivity index (χ2v) is 14.0. The van der Waals surface area contributed by atoms with Gasteiger partial charge in [0, 0.05) is 41.7 Å². The maximum atomic E-state index is 13.2. The molecule has 3 fully saturated rings. The Bertz CT molecular complexity index is 1390. The summed E-state index contributed by atoms with van der Waals surface area (Å²) in [5, 5.41) is 7.20. The summed E-state index contributed by atoms with van der Waals surface area (Å²) in [6.07, 6.45) is 12.1. The summed E-state index contributed by atoms with van der Waals surface area (Å²) >= 11 is 3.38. The number of nitrogens with zero attached hydrogens (tertiary/aromatic N) is 5. The van der Waals surface area contributed by atoms with Crippen molar-refractivity contribution in [3.05, 3.63) is 35.1 Å². The van der Waals surface area contributed by atoms with Gasteiger partial charge in [0.2, 0.25) is 16.0 Å². The van der Waals surface area contributed by atoms with E-state index in [0.717, 1.165) is 60.0 Å². The molecule has 6 rings (SSSR count). The normalized spacial score (nSPS) is 23.8. The molecule has 0 atom stereocenters. The monoisotopic (exact) mass is 616 g/mol. The fourth-order valence-electron chi connectivity index (χ4n) is 6.17. The van der Waals surface area contributed by atoms with E-state index in [2.05, 4.69) is 31.1 Å². The Labute approximate surface area is 238 Å². The minimum absolute atomic E-state index is 0.0941. The molecule has 0 amide bonds. The van der Waals surface area contributed by atoms with Gasteiger partial charge in [-0.15, -0.1) is 0 Å². The average molecular weight is 618 g/mol. The number of rotatable bonds is 7. The Morgan fingerprint density at radius 3 is 2.23 bits per heavy atom. The van der Waals surface area contributed by atoms with E-state index in [1.807, 2.05) is 6.33 Å². The molecule has 3 heterocycles. The van der Waals surface area contributed by atoms with Crippen LogP contribution < -0.4 is 16.4 Å². The molecule has 2 aromatic heterocycles. The first-order valence-corrected chi connectivity index (χ1v) is 16.4. The van der Waals surface area contributed by atoms with E-state index in [1.165, 1.54) is 12.8 Å². The SMILES string of the molecule is N[C@H]1CC[C@H](Nc2nc(NC3CCN(S(=O)(=O)c4ccc(Br)cc4)CC3)c3ncn(C4CCCC4)c3n2)CC1. The third-order valence-electron chi connectivity index (χ3n) is 8.49. The second-order valence-electron chi connectivity index (χ2n) is 11.2. The quantitative estimate of drug-likeness (QED) is 0.349. The predicted molar refractivity (Wildman–Crippen MR) is 156 cm³/mol. The van der Waals surface area contributed by atoms with Crippen LogP contribution in [0, 0.1) is 0 Å². The first-order valence-electron chi connectivity index (χ1n) is 14.2. The van der Waals surface area contributed by atoms with E-state index in [0.29, 0.717) is 48.9 Å². The molecule has 0 spiro atoms. The van der Waals surface area contributed by atoms with Crippen LogP contribution in [0.2, 0.25) is 0 Å². The zero-order valence-corrected chi connectivity index (χ0v) is 24.5. The Hall–Kier alpha value is -2.28. The fourth-order valence-corrected chi connectivity index (χ4v) is 7.90. The largest absolute Gasteiger partial charge is 0.365 e. The highest BCUT2D eigenvalue weighted by Crippen LogP contribution is 2.34. The molecule has 2 aliphatic carbocycles. The van der Waals surface area contributed by atoms with E-state index in [-0.39, 0.29) is 12.1 Å². The third-order valence-corrected chi connectivity index (χ3v) is 10.9. The van der Waals surface area contributed by atoms with E-state index in [9.17, 15) is 8.42 Å². The van der Waals surface area contributed by atoms with Crippen molar-refractivity contribution < 1.29 is 8.42 Å². The van der Waals surface area contributed by atoms with Crippen molar-refractivity contribution in [3.63, 3.8) is 0 Å². The minimum atomic E-state index is -3.52. The van der Waals surface area contributed by atoms with Crippen molar-refractivity contribution in [2.75, 3.05) is 23.7 Å². The van der Waals surface area contributed by atoms with Crippen molar-refractivity contribution in [1.29, 1.82) is 0 Å². The van der Waals surface area contributed by atoms with Gasteiger partial charge in [-0.1, -0.05) is 28.8 Å². The number of nitrogens with one attached hydrogen (secondary N) is 2. The van der Waals surface area contributed by atoms with Gasteiger partial charge < -0.3 is 20.9 Å². The Morgan fingerprint density at radius 1 is 0.872 bits per heavy atom. The molecule has 1 aromatic carbocycles. The standard InChI is InChI=1S/C27H37BrN8O2S/c28-18-5-11-23(12-6-18)39(37,38)35-15-13-21(14-16-35)31-25-24-26(36(17-30-24)22-3-1-2-4-22)34-27(33-25)32-20-9-7-19(29)8-10-20/h5-6,11-12,17,19-22H,1-4,7-10,13-16,29H2,(H2,31,32,33,34)/t19-,20-. The van der Waals surface area contributed by atoms with Crippen molar-refractivity contribution in [3.8, 4) is 0 Å². The van der Waals surface area contributed by atoms with Crippen LogP contribution in [-0.2, 0) is 10.0 Å². The summed E-state index contributed by atoms with van der Waals surface area (Å²) in [5.41, 5.74) is 7.77. The van der Waals surface area contributed by atoms with Crippen LogP contribution in [0.3, 0.4) is 0 Å². The number of nitrogens with two attached hydrogens (primary N) is 1. The molecule has 12 heteroatoms. The van der Waals surface area contributed by atoms with Gasteiger partial charge in [0.05, 0.1) is 11.2 Å². The number of sulfonamides is 1. The van der Waals surface area contributed by atoms with Crippen molar-refractivity contribution in [2.24, 2.45) is 5.73 Å². The van der Waals surface area contributed by atoms with Gasteiger partial charge in [-0.25, -0.2) is 13.4 Å². The topological polar surface area (TPSA) is 131 Å². The van der Waals surface area contributed by atoms with E-state index in [1.54, 1.807) is 28.6 Å². The van der Waals surface area contributed by atoms with Gasteiger partial charge in [-0.2, -0.15) is 14.3 Å². The Morgan fingerprint density at radius 2 is 1.54 bits per heavy atom. The number of aromatic nitrogens is 4. The Balaban J connectivity index is 1.20. The molecule has 1 saturated heterocycles. The van der Waals surface area contributed by atoms with Gasteiger partial charge in [-0.3, -0.25) is 0 Å². The smallest absolute Gasteiger partial charge is 0.243 e. The van der Waals surface area contributed by atoms with Crippen LogP contribution in [-0.4, -0.2) is 63.5 Å². The molecular formula is C27H37BrN8O2S. The molecule has 2 saturated carbocycles. The summed E-state index contributed by atoms with van der Waals surface area (Å²) in [6, 6.07) is 7.93. The van der Waals surface area contributed by atoms with Gasteiger partial charge in [0.25, 0.3) is 0 Å². The molecule has 0 radical (unpaired) electrons. The lowest BCUT2D eigenvalue weighted by Gasteiger charge is -2.32. The number of imidazole rings is 1. The lowest BCUT2D eigenvalue weighted by molar-refractivity contribution is 0.329. The van der Waals surface area contributed by atoms with Crippen molar-refractivity contribution >= 4 is 48.9 Å². The number of benzene rings is 1. The molecule has 3 aromatic rings. The maximum Gasteiger partial charge on any atom is 0.243 e. The number of hydrogen-bond donors (Lipinski definition) is 3. The predicted octanol–water partition coefficient (Wildman–Crippen LogP) is 4.65. The molecule has 4 N–H and O–H groups in total. The molecule has 10 nitrogen and oxygen atoms in total. The van der Waals surface area contributed by atoms with Crippen LogP contribution in [0.4, 0.5) is 11.8 Å². The van der Waals surface area contributed by atoms with Crippen LogP contribution in [0.25, 0.3) is 11.2 Å². The van der Waals surface area contributed by atoms with Crippen LogP contribution in [0.1, 0.15) is 70.3 Å². The first kappa shape index (κ1) is 26.9. The number of anilines is 2. The van der Waals surface area contributed by atoms with Gasteiger partial charge in [0.1, 0.15) is 0 Å². The molecule has 0 unspecified atom stereocenters. The van der Waals surface area contributed by atoms with E-state index in [4.69, 9.17) is 20.7 Å². The first-order chi connectivity index (χ1) is 18.9. The van der Waals surface area contributed by atoms with E-state index >= 15 is 0 Å². The van der Waals surface area contributed by atoms with E-state index < -0.39 is 10.0 Å². The lowest BCUT2D eigenvalue weighted by Crippen LogP contribution is -2.42. The molecule has 3 aliphatic rings. The third kappa shape index (κ3) is 5.79. The summed E-state index contributed by atoms with van der Waals surface area (Å²) in [6.45, 7) is 0.905. The molecule has 210 valence electrons. The highest BCUT2D eigenvalue weighted by atomic mass is 79.9. The fraction of sp³-hybridized carbons (Fsp3) is 0.593. The zero-order valence-electron chi connectivity index (χ0n) is 22.1. The van der Waals surface area contributed by atoms with Crippen LogP contribution >= 0.6 is 15.9 Å². The summed E-state index contributed by atoms with van der Waals surface area (Å²) in [4.78, 5) is 14.9. The van der Waals surface area contributed by atoms with Crippen molar-refractivity contribution in [1.82, 2.24) is 23.8 Å². The zero-order chi connectivity index (χ0) is 27.0. The summed E-state index contributed by atoms with van der Waals surface area (Å²) in [7, 11) is -3.52. The summed E-state index contributed by atoms with van der Waals surface area (Å²) in [5.74, 6) is 1.35. The number of halogens is 1. The van der Waals surface area contributed by atoms with Crippen molar-refractivity contribution in [2.45, 2.75) is 93.3 Å². The average Bonchev–Trinajstić information content (AvgIpc) is 3.61. The Kier molecular flexibility index (Phi) is 7.80. The lowest BCUT2D eigenvalue weighted by atomic mass is 9.92. The molecule has 1 aliphatic heterocycles. The molecular weight excluding hydrogens is 580 g/mol. The second kappa shape index (κ2) is 11.3. The van der Waals surface area contributed by atoms with Gasteiger partial charge in [0.15, 0.2) is 17.0 Å². The summed E-state index contributed by atoms with van der Waals surface area (Å²) < 4.78 is 31.0. The van der Waals surface area contributed by atoms with Crippen LogP contribution in [0.5, 0.6) is 0 Å². The van der Waals surface area contributed by atoms with Gasteiger partial charge >= 0.3 is 0 Å². The number of piperidine rings is 1. The molecule has 39 heavy (non-hydrogen) atoms. The highest BCUT2D eigenvalue weighted by molar-refractivity contribution is 9.10. The number of fused-ring (bicyclic) bond motifs is 1. The maximum absolute atomic E-state index is 13.2.